The molecule has 1 amide bonds. The molecule has 1 aromatic heterocycles. The number of fused-ring (bicyclic) bond motifs is 1. The first kappa shape index (κ1) is 25.4. The monoisotopic (exact) mass is 591 g/mol. The maximum atomic E-state index is 13.3. The molecule has 0 unspecified atom stereocenters. The van der Waals surface area contributed by atoms with Crippen molar-refractivity contribution < 1.29 is 4.79 Å². The highest BCUT2D eigenvalue weighted by Gasteiger charge is 2.31. The summed E-state index contributed by atoms with van der Waals surface area (Å²) in [5.41, 5.74) is 4.37. The predicted molar refractivity (Wildman–Crippen MR) is 157 cm³/mol. The van der Waals surface area contributed by atoms with Gasteiger partial charge in [0.05, 0.1) is 17.6 Å². The molecule has 8 heteroatoms. The Morgan fingerprint density at radius 1 is 0.868 bits per heavy atom. The van der Waals surface area contributed by atoms with Crippen molar-refractivity contribution in [1.82, 2.24) is 19.4 Å². The van der Waals surface area contributed by atoms with Gasteiger partial charge in [0.1, 0.15) is 5.82 Å². The Balaban J connectivity index is 1.08. The van der Waals surface area contributed by atoms with Gasteiger partial charge in [-0.1, -0.05) is 45.7 Å². The van der Waals surface area contributed by atoms with E-state index in [9.17, 15) is 4.79 Å². The smallest absolute Gasteiger partial charge is 0.225 e. The number of hydrogen-bond donors (Lipinski definition) is 0. The van der Waals surface area contributed by atoms with Crippen LogP contribution in [0.5, 0.6) is 0 Å². The summed E-state index contributed by atoms with van der Waals surface area (Å²) in [6.07, 6.45) is 1.79. The van der Waals surface area contributed by atoms with Gasteiger partial charge in [0.25, 0.3) is 0 Å². The molecule has 196 valence electrons. The second kappa shape index (κ2) is 11.1. The lowest BCUT2D eigenvalue weighted by Gasteiger charge is -2.39. The third kappa shape index (κ3) is 5.33. The van der Waals surface area contributed by atoms with Crippen LogP contribution in [0.4, 0.5) is 5.69 Å². The van der Waals surface area contributed by atoms with Gasteiger partial charge >= 0.3 is 0 Å². The molecular formula is C30H31BrClN5O. The molecule has 38 heavy (non-hydrogen) atoms. The molecule has 0 N–H and O–H groups in total. The van der Waals surface area contributed by atoms with E-state index < -0.39 is 0 Å². The molecule has 0 atom stereocenters. The zero-order valence-corrected chi connectivity index (χ0v) is 23.6. The molecule has 3 heterocycles. The normalized spacial score (nSPS) is 17.3. The summed E-state index contributed by atoms with van der Waals surface area (Å²) in [5.74, 6) is 1.46. The molecule has 0 spiro atoms. The molecular weight excluding hydrogens is 562 g/mol. The number of anilines is 1. The fourth-order valence-corrected chi connectivity index (χ4v) is 6.16. The van der Waals surface area contributed by atoms with Crippen molar-refractivity contribution in [2.45, 2.75) is 19.4 Å². The van der Waals surface area contributed by atoms with Crippen LogP contribution < -0.4 is 4.90 Å². The number of carbonyl (C=O) groups excluding carboxylic acids is 1. The maximum absolute atomic E-state index is 13.3. The molecule has 2 fully saturated rings. The highest BCUT2D eigenvalue weighted by Crippen LogP contribution is 2.27. The number of carbonyl (C=O) groups is 1. The Labute approximate surface area is 236 Å². The second-order valence-electron chi connectivity index (χ2n) is 10.2. The highest BCUT2D eigenvalue weighted by atomic mass is 79.9. The molecule has 2 saturated heterocycles. The quantitative estimate of drug-likeness (QED) is 0.285. The van der Waals surface area contributed by atoms with E-state index in [2.05, 4.69) is 83.7 Å². The van der Waals surface area contributed by atoms with Gasteiger partial charge < -0.3 is 9.80 Å². The number of piperazine rings is 1. The van der Waals surface area contributed by atoms with Crippen LogP contribution in [-0.4, -0.2) is 64.5 Å². The van der Waals surface area contributed by atoms with Crippen molar-refractivity contribution >= 4 is 50.2 Å². The molecule has 3 aromatic carbocycles. The number of likely N-dealkylation sites (tertiary alicyclic amines) is 1. The third-order valence-electron chi connectivity index (χ3n) is 7.78. The minimum Gasteiger partial charge on any atom is -0.368 e. The van der Waals surface area contributed by atoms with Crippen molar-refractivity contribution in [3.63, 3.8) is 0 Å². The van der Waals surface area contributed by atoms with E-state index >= 15 is 0 Å². The molecule has 6 nitrogen and oxygen atoms in total. The second-order valence-corrected chi connectivity index (χ2v) is 11.5. The zero-order valence-electron chi connectivity index (χ0n) is 21.3. The van der Waals surface area contributed by atoms with Crippen LogP contribution in [0.3, 0.4) is 0 Å². The number of imidazole rings is 1. The van der Waals surface area contributed by atoms with Crippen LogP contribution in [0.2, 0.25) is 5.02 Å². The lowest BCUT2D eigenvalue weighted by Crippen LogP contribution is -2.51. The molecule has 6 rings (SSSR count). The minimum absolute atomic E-state index is 0.106. The molecule has 2 aliphatic rings. The minimum atomic E-state index is 0.106. The van der Waals surface area contributed by atoms with Crippen LogP contribution in [-0.2, 0) is 11.3 Å². The summed E-state index contributed by atoms with van der Waals surface area (Å²) in [6, 6.07) is 24.7. The first-order chi connectivity index (χ1) is 18.5. The highest BCUT2D eigenvalue weighted by molar-refractivity contribution is 9.10. The van der Waals surface area contributed by atoms with E-state index in [1.165, 1.54) is 0 Å². The van der Waals surface area contributed by atoms with E-state index in [0.29, 0.717) is 5.91 Å². The van der Waals surface area contributed by atoms with Gasteiger partial charge in [0.2, 0.25) is 5.91 Å². The maximum Gasteiger partial charge on any atom is 0.225 e. The fraction of sp³-hybridized carbons (Fsp3) is 0.333. The van der Waals surface area contributed by atoms with Gasteiger partial charge in [-0.25, -0.2) is 4.98 Å². The van der Waals surface area contributed by atoms with E-state index in [0.717, 1.165) is 96.4 Å². The lowest BCUT2D eigenvalue weighted by atomic mass is 9.95. The standard InChI is InChI=1S/C30H31BrClN5O/c31-23-8-10-25(11-9-23)37-28-7-2-1-6-27(28)33-29(37)21-34-14-12-22(13-15-34)30(38)36-18-16-35(17-19-36)26-5-3-4-24(32)20-26/h1-11,20,22H,12-19,21H2. The third-order valence-corrected chi connectivity index (χ3v) is 8.55. The topological polar surface area (TPSA) is 44.6 Å². The first-order valence-corrected chi connectivity index (χ1v) is 14.5. The van der Waals surface area contributed by atoms with Gasteiger partial charge in [0, 0.05) is 53.0 Å². The Morgan fingerprint density at radius 3 is 2.34 bits per heavy atom. The number of rotatable bonds is 5. The van der Waals surface area contributed by atoms with Crippen molar-refractivity contribution in [3.05, 3.63) is 88.1 Å². The Kier molecular flexibility index (Phi) is 7.41. The summed E-state index contributed by atoms with van der Waals surface area (Å²) < 4.78 is 3.32. The number of piperidine rings is 1. The van der Waals surface area contributed by atoms with Crippen LogP contribution in [0.1, 0.15) is 18.7 Å². The van der Waals surface area contributed by atoms with Crippen LogP contribution in [0, 0.1) is 5.92 Å². The van der Waals surface area contributed by atoms with Crippen molar-refractivity contribution in [1.29, 1.82) is 0 Å². The Bertz CT molecular complexity index is 1420. The number of aromatic nitrogens is 2. The van der Waals surface area contributed by atoms with Crippen molar-refractivity contribution in [3.8, 4) is 5.69 Å². The summed E-state index contributed by atoms with van der Waals surface area (Å²) in [7, 11) is 0. The Morgan fingerprint density at radius 2 is 1.61 bits per heavy atom. The summed E-state index contributed by atoms with van der Waals surface area (Å²) in [5, 5.41) is 0.750. The van der Waals surface area contributed by atoms with Crippen LogP contribution in [0.15, 0.2) is 77.3 Å². The van der Waals surface area contributed by atoms with Gasteiger partial charge in [-0.05, 0) is 80.5 Å². The summed E-state index contributed by atoms with van der Waals surface area (Å²) in [4.78, 5) is 25.2. The van der Waals surface area contributed by atoms with Crippen molar-refractivity contribution in [2.75, 3.05) is 44.2 Å². The average molecular weight is 593 g/mol. The van der Waals surface area contributed by atoms with Crippen LogP contribution >= 0.6 is 27.5 Å². The molecule has 0 saturated carbocycles. The zero-order chi connectivity index (χ0) is 26.1. The molecule has 0 bridgehead atoms. The lowest BCUT2D eigenvalue weighted by molar-refractivity contribution is -0.137. The molecule has 4 aromatic rings. The predicted octanol–water partition coefficient (Wildman–Crippen LogP) is 6.00. The van der Waals surface area contributed by atoms with Gasteiger partial charge in [0.15, 0.2) is 0 Å². The number of amides is 1. The number of nitrogens with zero attached hydrogens (tertiary/aromatic N) is 5. The molecule has 2 aliphatic heterocycles. The van der Waals surface area contributed by atoms with Crippen LogP contribution in [0.25, 0.3) is 16.7 Å². The fourth-order valence-electron chi connectivity index (χ4n) is 5.71. The van der Waals surface area contributed by atoms with Gasteiger partial charge in [-0.3, -0.25) is 14.3 Å². The number of hydrogen-bond acceptors (Lipinski definition) is 4. The SMILES string of the molecule is O=C(C1CCN(Cc2nc3ccccc3n2-c2ccc(Br)cc2)CC1)N1CCN(c2cccc(Cl)c2)CC1. The van der Waals surface area contributed by atoms with E-state index in [1.807, 2.05) is 24.3 Å². The number of para-hydroxylation sites is 2. The molecule has 0 aliphatic carbocycles. The van der Waals surface area contributed by atoms with E-state index in [1.54, 1.807) is 0 Å². The summed E-state index contributed by atoms with van der Waals surface area (Å²) in [6.45, 7) is 5.80. The van der Waals surface area contributed by atoms with E-state index in [-0.39, 0.29) is 5.92 Å². The first-order valence-electron chi connectivity index (χ1n) is 13.3. The van der Waals surface area contributed by atoms with Gasteiger partial charge in [-0.15, -0.1) is 0 Å². The largest absolute Gasteiger partial charge is 0.368 e. The molecule has 0 radical (unpaired) electrons. The van der Waals surface area contributed by atoms with E-state index in [4.69, 9.17) is 16.6 Å². The van der Waals surface area contributed by atoms with Crippen molar-refractivity contribution in [2.24, 2.45) is 5.92 Å². The van der Waals surface area contributed by atoms with Gasteiger partial charge in [-0.2, -0.15) is 0 Å². The summed E-state index contributed by atoms with van der Waals surface area (Å²) >= 11 is 9.72. The average Bonchev–Trinajstić information content (AvgIpc) is 3.31. The number of halogens is 2. The number of benzene rings is 3. The Hall–Kier alpha value is -2.87.